The first-order valence-electron chi connectivity index (χ1n) is 28.3. The second-order valence-electron chi connectivity index (χ2n) is 19.3. The Morgan fingerprint density at radius 1 is 0.523 bits per heavy atom. The lowest BCUT2D eigenvalue weighted by atomic mass is 10.0. The molecule has 1 unspecified atom stereocenters. The van der Waals surface area contributed by atoms with Gasteiger partial charge in [-0.15, -0.1) is 0 Å². The summed E-state index contributed by atoms with van der Waals surface area (Å²) in [5, 5.41) is 0. The summed E-state index contributed by atoms with van der Waals surface area (Å²) in [7, 11) is 0. The zero-order valence-electron chi connectivity index (χ0n) is 45.1. The summed E-state index contributed by atoms with van der Waals surface area (Å²) in [4.78, 5) is 48.4. The maximum Gasteiger partial charge on any atom is 0.306 e. The van der Waals surface area contributed by atoms with Gasteiger partial charge in [-0.25, -0.2) is 0 Å². The van der Waals surface area contributed by atoms with Crippen molar-refractivity contribution in [1.82, 2.24) is 4.90 Å². The van der Waals surface area contributed by atoms with Crippen LogP contribution in [0, 0.1) is 5.92 Å². The minimum atomic E-state index is -0.0584. The first-order valence-corrected chi connectivity index (χ1v) is 28.3. The minimum Gasteiger partial charge on any atom is -0.468 e. The summed E-state index contributed by atoms with van der Waals surface area (Å²) in [5.74, 6) is 1.20. The maximum absolute atomic E-state index is 12.3. The Balaban J connectivity index is -0.00000105. The van der Waals surface area contributed by atoms with E-state index >= 15 is 0 Å². The van der Waals surface area contributed by atoms with Gasteiger partial charge >= 0.3 is 11.9 Å². The van der Waals surface area contributed by atoms with E-state index in [1.165, 1.54) is 135 Å². The zero-order valence-corrected chi connectivity index (χ0v) is 45.1. The minimum absolute atomic E-state index is 0.0127. The fraction of sp³-hybridized carbons (Fsp3) is 0.930. The van der Waals surface area contributed by atoms with Gasteiger partial charge in [-0.2, -0.15) is 0 Å². The van der Waals surface area contributed by atoms with Gasteiger partial charge < -0.3 is 14.2 Å². The maximum atomic E-state index is 12.3. The van der Waals surface area contributed by atoms with Crippen LogP contribution in [-0.4, -0.2) is 67.5 Å². The topological polar surface area (TPSA) is 99.2 Å². The van der Waals surface area contributed by atoms with Crippen molar-refractivity contribution in [3.63, 3.8) is 0 Å². The van der Waals surface area contributed by atoms with Gasteiger partial charge in [0.05, 0.1) is 6.61 Å². The van der Waals surface area contributed by atoms with Crippen molar-refractivity contribution in [1.29, 1.82) is 0 Å². The van der Waals surface area contributed by atoms with E-state index in [9.17, 15) is 19.2 Å². The molecule has 0 aromatic carbocycles. The van der Waals surface area contributed by atoms with Crippen LogP contribution in [0.4, 0.5) is 0 Å². The van der Waals surface area contributed by atoms with Crippen LogP contribution in [0.15, 0.2) is 0 Å². The van der Waals surface area contributed by atoms with E-state index in [0.29, 0.717) is 31.7 Å². The number of carbonyl (C=O) groups is 4. The molecule has 1 fully saturated rings. The van der Waals surface area contributed by atoms with E-state index in [-0.39, 0.29) is 24.1 Å². The van der Waals surface area contributed by atoms with Gasteiger partial charge in [0.1, 0.15) is 18.0 Å². The summed E-state index contributed by atoms with van der Waals surface area (Å²) in [6.07, 6.45) is 42.2. The zero-order chi connectivity index (χ0) is 48.9. The highest BCUT2D eigenvalue weighted by Crippen LogP contribution is 2.19. The Hall–Kier alpha value is -1.96. The van der Waals surface area contributed by atoms with Gasteiger partial charge in [0.25, 0.3) is 6.47 Å². The van der Waals surface area contributed by atoms with E-state index in [0.717, 1.165) is 115 Å². The summed E-state index contributed by atoms with van der Waals surface area (Å²) in [6.45, 7) is 23.2. The van der Waals surface area contributed by atoms with Crippen LogP contribution in [0.3, 0.4) is 0 Å². The molecule has 0 radical (unpaired) electrons. The molecule has 0 bridgehead atoms. The lowest BCUT2D eigenvalue weighted by Crippen LogP contribution is -2.26. The lowest BCUT2D eigenvalue weighted by Gasteiger charge is -2.18. The third kappa shape index (κ3) is 56.3. The molecular weight excluding hydrogens is 811 g/mol. The third-order valence-corrected chi connectivity index (χ3v) is 11.7. The summed E-state index contributed by atoms with van der Waals surface area (Å²) in [5.41, 5.74) is 0. The summed E-state index contributed by atoms with van der Waals surface area (Å²) in [6, 6.07) is 0. The number of likely N-dealkylation sites (tertiary alicyclic amines) is 1. The van der Waals surface area contributed by atoms with Crippen molar-refractivity contribution in [3.05, 3.63) is 0 Å². The van der Waals surface area contributed by atoms with E-state index in [2.05, 4.69) is 51.2 Å². The van der Waals surface area contributed by atoms with Crippen LogP contribution in [0.25, 0.3) is 0 Å². The molecule has 0 saturated carbocycles. The second-order valence-corrected chi connectivity index (χ2v) is 19.3. The highest BCUT2D eigenvalue weighted by atomic mass is 16.5. The lowest BCUT2D eigenvalue weighted by molar-refractivity contribution is -0.150. The predicted octanol–water partition coefficient (Wildman–Crippen LogP) is 17.1. The standard InChI is InChI=1S/C26H50O4.C25H47NO3.C4H10.C2H6/c1-3-5-7-9-12-16-20-25(21-17-13-10-8-6-4-2)30-26(28)22-18-14-11-15-19-23-29-24-27;1-3-5-6-7-8-9-10-11-12-13-17-23(27)18-14-15-20-26-21-19-24(22-26)29-25(28)16-4-2;1-4(2)3;1-2/h24-25H,3-23H2,1-2H3;24H,3-22H2,1-2H3;4H,1-3H3;1-2H3. The largest absolute Gasteiger partial charge is 0.468 e. The number of hydrogen-bond acceptors (Lipinski definition) is 8. The van der Waals surface area contributed by atoms with Crippen LogP contribution in [0.5, 0.6) is 0 Å². The molecule has 0 aromatic rings. The number of rotatable bonds is 43. The molecule has 0 aromatic heterocycles. The molecule has 65 heavy (non-hydrogen) atoms. The Bertz CT molecular complexity index is 970. The smallest absolute Gasteiger partial charge is 0.306 e. The van der Waals surface area contributed by atoms with Crippen LogP contribution in [0.2, 0.25) is 0 Å². The third-order valence-electron chi connectivity index (χ3n) is 11.7. The molecule has 1 aliphatic heterocycles. The Kier molecular flexibility index (Phi) is 58.4. The molecule has 1 saturated heterocycles. The molecule has 1 atom stereocenters. The second kappa shape index (κ2) is 56.4. The SMILES string of the molecule is CC.CC(C)C.CCCCCCCCC(CCCCCCCC)OC(=O)CCCCCCCOC=O.CCCCCCCCCCCCC(=O)CCCCN1CCC(OC(=O)CCC)C1. The van der Waals surface area contributed by atoms with Gasteiger partial charge in [-0.05, 0) is 83.1 Å². The fourth-order valence-electron chi connectivity index (χ4n) is 7.98. The Morgan fingerprint density at radius 3 is 1.40 bits per heavy atom. The monoisotopic (exact) mass is 924 g/mol. The van der Waals surface area contributed by atoms with E-state index in [1.54, 1.807) is 0 Å². The number of Topliss-reactive ketones (excluding diaryl/α,β-unsaturated/α-hetero) is 1. The Labute approximate surface area is 405 Å². The molecule has 0 N–H and O–H groups in total. The number of ether oxygens (including phenoxy) is 3. The van der Waals surface area contributed by atoms with Crippen molar-refractivity contribution in [2.45, 2.75) is 312 Å². The van der Waals surface area contributed by atoms with Gasteiger partial charge in [0.2, 0.25) is 0 Å². The van der Waals surface area contributed by atoms with E-state index < -0.39 is 0 Å². The molecule has 8 nitrogen and oxygen atoms in total. The average molecular weight is 925 g/mol. The molecule has 1 aliphatic rings. The number of ketones is 1. The van der Waals surface area contributed by atoms with Gasteiger partial charge in [0, 0.05) is 38.8 Å². The molecular formula is C57H113NO7. The molecule has 8 heteroatoms. The number of carbonyl (C=O) groups excluding carboxylic acids is 4. The van der Waals surface area contributed by atoms with Crippen molar-refractivity contribution < 1.29 is 33.4 Å². The van der Waals surface area contributed by atoms with Crippen LogP contribution in [-0.2, 0) is 33.4 Å². The molecule has 1 rings (SSSR count). The normalized spacial score (nSPS) is 13.3. The Morgan fingerprint density at radius 2 is 0.938 bits per heavy atom. The van der Waals surface area contributed by atoms with Crippen molar-refractivity contribution in [2.24, 2.45) is 5.92 Å². The first-order chi connectivity index (χ1) is 31.6. The van der Waals surface area contributed by atoms with Crippen LogP contribution < -0.4 is 0 Å². The summed E-state index contributed by atoms with van der Waals surface area (Å²) < 4.78 is 16.0. The average Bonchev–Trinajstić information content (AvgIpc) is 3.73. The van der Waals surface area contributed by atoms with Crippen LogP contribution >= 0.6 is 0 Å². The van der Waals surface area contributed by atoms with Gasteiger partial charge in [0.15, 0.2) is 0 Å². The van der Waals surface area contributed by atoms with Crippen molar-refractivity contribution in [3.8, 4) is 0 Å². The highest BCUT2D eigenvalue weighted by Gasteiger charge is 2.25. The molecule has 0 aliphatic carbocycles. The van der Waals surface area contributed by atoms with Crippen molar-refractivity contribution in [2.75, 3.05) is 26.2 Å². The number of esters is 2. The predicted molar refractivity (Wildman–Crippen MR) is 279 cm³/mol. The van der Waals surface area contributed by atoms with Gasteiger partial charge in [-0.3, -0.25) is 24.1 Å². The highest BCUT2D eigenvalue weighted by molar-refractivity contribution is 5.78. The molecule has 1 heterocycles. The van der Waals surface area contributed by atoms with E-state index in [1.807, 2.05) is 20.8 Å². The quantitative estimate of drug-likeness (QED) is 0.0258. The van der Waals surface area contributed by atoms with Gasteiger partial charge in [-0.1, -0.05) is 204 Å². The van der Waals surface area contributed by atoms with Crippen molar-refractivity contribution >= 4 is 24.2 Å². The fourth-order valence-corrected chi connectivity index (χ4v) is 7.98. The number of hydrogen-bond donors (Lipinski definition) is 0. The van der Waals surface area contributed by atoms with Crippen LogP contribution in [0.1, 0.15) is 300 Å². The molecule has 0 spiro atoms. The number of nitrogens with zero attached hydrogens (tertiary/aromatic N) is 1. The molecule has 0 amide bonds. The van der Waals surface area contributed by atoms with E-state index in [4.69, 9.17) is 9.47 Å². The molecule has 388 valence electrons. The summed E-state index contributed by atoms with van der Waals surface area (Å²) >= 11 is 0. The first kappa shape index (κ1) is 67.3. The number of unbranched alkanes of at least 4 members (excludes halogenated alkanes) is 24.